The largest absolute Gasteiger partial charge is 0.399 e. The van der Waals surface area contributed by atoms with Crippen LogP contribution in [-0.2, 0) is 0 Å². The van der Waals surface area contributed by atoms with Gasteiger partial charge in [-0.1, -0.05) is 41.4 Å². The van der Waals surface area contributed by atoms with Crippen molar-refractivity contribution in [3.8, 4) is 0 Å². The molecule has 0 aromatic heterocycles. The molecule has 0 radical (unpaired) electrons. The van der Waals surface area contributed by atoms with Crippen molar-refractivity contribution < 1.29 is 0 Å². The first-order valence-corrected chi connectivity index (χ1v) is 5.89. The van der Waals surface area contributed by atoms with Gasteiger partial charge in [0, 0.05) is 15.7 Å². The Hall–Kier alpha value is -1.22. The highest BCUT2D eigenvalue weighted by Gasteiger charge is 2.12. The lowest BCUT2D eigenvalue weighted by molar-refractivity contribution is 0.872. The average molecular weight is 267 g/mol. The van der Waals surface area contributed by atoms with Crippen LogP contribution in [0.1, 0.15) is 17.2 Å². The van der Waals surface area contributed by atoms with Gasteiger partial charge in [-0.15, -0.1) is 0 Å². The molecule has 0 spiro atoms. The molecule has 4 heteroatoms. The molecule has 4 N–H and O–H groups in total. The Balaban J connectivity index is 2.40. The molecule has 0 aliphatic carbocycles. The van der Waals surface area contributed by atoms with Crippen LogP contribution in [0.5, 0.6) is 0 Å². The lowest BCUT2D eigenvalue weighted by Gasteiger charge is -2.14. The van der Waals surface area contributed by atoms with Gasteiger partial charge in [-0.3, -0.25) is 0 Å². The third-order valence-corrected chi connectivity index (χ3v) is 3.13. The van der Waals surface area contributed by atoms with Gasteiger partial charge >= 0.3 is 0 Å². The molecule has 2 nitrogen and oxygen atoms in total. The number of halogens is 2. The van der Waals surface area contributed by atoms with Gasteiger partial charge in [0.15, 0.2) is 0 Å². The highest BCUT2D eigenvalue weighted by molar-refractivity contribution is 6.35. The second-order valence-electron chi connectivity index (χ2n) is 3.81. The maximum atomic E-state index is 6.15. The van der Waals surface area contributed by atoms with E-state index in [1.807, 2.05) is 30.3 Å². The van der Waals surface area contributed by atoms with Crippen molar-refractivity contribution in [2.24, 2.45) is 5.73 Å². The minimum Gasteiger partial charge on any atom is -0.399 e. The first-order chi connectivity index (χ1) is 8.08. The molecule has 0 fully saturated rings. The van der Waals surface area contributed by atoms with E-state index >= 15 is 0 Å². The summed E-state index contributed by atoms with van der Waals surface area (Å²) < 4.78 is 0. The molecule has 0 saturated heterocycles. The minimum absolute atomic E-state index is 0.303. The predicted molar refractivity (Wildman–Crippen MR) is 73.3 cm³/mol. The molecule has 1 unspecified atom stereocenters. The molecule has 0 aliphatic rings. The van der Waals surface area contributed by atoms with E-state index in [9.17, 15) is 0 Å². The highest BCUT2D eigenvalue weighted by Crippen LogP contribution is 2.29. The Morgan fingerprint density at radius 1 is 1.00 bits per heavy atom. The van der Waals surface area contributed by atoms with Crippen LogP contribution in [0.15, 0.2) is 42.5 Å². The molecule has 2 aromatic rings. The monoisotopic (exact) mass is 266 g/mol. The first-order valence-electron chi connectivity index (χ1n) is 5.14. The van der Waals surface area contributed by atoms with Gasteiger partial charge in [-0.05, 0) is 35.4 Å². The molecule has 0 bridgehead atoms. The van der Waals surface area contributed by atoms with E-state index in [1.165, 1.54) is 0 Å². The quantitative estimate of drug-likeness (QED) is 0.816. The summed E-state index contributed by atoms with van der Waals surface area (Å²) in [6, 6.07) is 12.4. The topological polar surface area (TPSA) is 52.0 Å². The van der Waals surface area contributed by atoms with E-state index in [-0.39, 0.29) is 6.04 Å². The molecule has 0 aliphatic heterocycles. The number of hydrogen-bond acceptors (Lipinski definition) is 2. The number of benzene rings is 2. The van der Waals surface area contributed by atoms with Crippen LogP contribution in [0.25, 0.3) is 0 Å². The zero-order chi connectivity index (χ0) is 12.4. The van der Waals surface area contributed by atoms with Crippen LogP contribution in [0, 0.1) is 0 Å². The van der Waals surface area contributed by atoms with Crippen molar-refractivity contribution in [1.29, 1.82) is 0 Å². The average Bonchev–Trinajstić information content (AvgIpc) is 2.28. The second-order valence-corrected chi connectivity index (χ2v) is 4.66. The molecule has 0 saturated carbocycles. The van der Waals surface area contributed by atoms with E-state index < -0.39 is 0 Å². The van der Waals surface area contributed by atoms with E-state index in [1.54, 1.807) is 12.1 Å². The van der Waals surface area contributed by atoms with E-state index in [0.29, 0.717) is 15.7 Å². The zero-order valence-corrected chi connectivity index (χ0v) is 10.5. The molecular formula is C13H12Cl2N2. The van der Waals surface area contributed by atoms with E-state index in [0.717, 1.165) is 11.1 Å². The summed E-state index contributed by atoms with van der Waals surface area (Å²) in [6.45, 7) is 0. The van der Waals surface area contributed by atoms with Crippen molar-refractivity contribution in [3.05, 3.63) is 63.6 Å². The van der Waals surface area contributed by atoms with Crippen LogP contribution in [0.3, 0.4) is 0 Å². The predicted octanol–water partition coefficient (Wildman–Crippen LogP) is 3.62. The standard InChI is InChI=1S/C13H12Cl2N2/c14-9-4-5-11(12(15)7-9)13(17)8-2-1-3-10(16)6-8/h1-7,13H,16-17H2. The number of hydrogen-bond donors (Lipinski definition) is 2. The van der Waals surface area contributed by atoms with Gasteiger partial charge < -0.3 is 11.5 Å². The summed E-state index contributed by atoms with van der Waals surface area (Å²) in [5.74, 6) is 0. The summed E-state index contributed by atoms with van der Waals surface area (Å²) in [6.07, 6.45) is 0. The summed E-state index contributed by atoms with van der Waals surface area (Å²) in [4.78, 5) is 0. The Morgan fingerprint density at radius 2 is 1.76 bits per heavy atom. The summed E-state index contributed by atoms with van der Waals surface area (Å²) >= 11 is 12.0. The lowest BCUT2D eigenvalue weighted by Crippen LogP contribution is -2.12. The maximum absolute atomic E-state index is 6.15. The summed E-state index contributed by atoms with van der Waals surface area (Å²) in [5, 5.41) is 1.16. The molecule has 2 rings (SSSR count). The minimum atomic E-state index is -0.303. The Bertz CT molecular complexity index is 541. The van der Waals surface area contributed by atoms with Gasteiger partial charge in [0.25, 0.3) is 0 Å². The van der Waals surface area contributed by atoms with Crippen LogP contribution in [-0.4, -0.2) is 0 Å². The van der Waals surface area contributed by atoms with Crippen LogP contribution in [0.4, 0.5) is 5.69 Å². The van der Waals surface area contributed by atoms with Gasteiger partial charge in [0.05, 0.1) is 6.04 Å². The fraction of sp³-hybridized carbons (Fsp3) is 0.0769. The van der Waals surface area contributed by atoms with E-state index in [4.69, 9.17) is 34.7 Å². The second kappa shape index (κ2) is 4.96. The van der Waals surface area contributed by atoms with Crippen LogP contribution in [0.2, 0.25) is 10.0 Å². The number of rotatable bonds is 2. The van der Waals surface area contributed by atoms with Crippen LogP contribution < -0.4 is 11.5 Å². The molecule has 1 atom stereocenters. The molecule has 17 heavy (non-hydrogen) atoms. The van der Waals surface area contributed by atoms with Gasteiger partial charge in [0.2, 0.25) is 0 Å². The van der Waals surface area contributed by atoms with Crippen molar-refractivity contribution in [3.63, 3.8) is 0 Å². The summed E-state index contributed by atoms with van der Waals surface area (Å²) in [5.41, 5.74) is 14.3. The van der Waals surface area contributed by atoms with Gasteiger partial charge in [-0.2, -0.15) is 0 Å². The fourth-order valence-corrected chi connectivity index (χ4v) is 2.21. The summed E-state index contributed by atoms with van der Waals surface area (Å²) in [7, 11) is 0. The maximum Gasteiger partial charge on any atom is 0.0567 e. The van der Waals surface area contributed by atoms with Crippen molar-refractivity contribution >= 4 is 28.9 Å². The fourth-order valence-electron chi connectivity index (χ4n) is 1.69. The van der Waals surface area contributed by atoms with Crippen molar-refractivity contribution in [2.75, 3.05) is 5.73 Å². The third-order valence-electron chi connectivity index (χ3n) is 2.57. The molecule has 0 amide bonds. The highest BCUT2D eigenvalue weighted by atomic mass is 35.5. The molecule has 2 aromatic carbocycles. The van der Waals surface area contributed by atoms with E-state index in [2.05, 4.69) is 0 Å². The smallest absolute Gasteiger partial charge is 0.0567 e. The van der Waals surface area contributed by atoms with Crippen LogP contribution >= 0.6 is 23.2 Å². The van der Waals surface area contributed by atoms with Gasteiger partial charge in [-0.25, -0.2) is 0 Å². The Kier molecular flexibility index (Phi) is 3.57. The molecule has 88 valence electrons. The third kappa shape index (κ3) is 2.72. The normalized spacial score (nSPS) is 12.4. The van der Waals surface area contributed by atoms with Crippen molar-refractivity contribution in [1.82, 2.24) is 0 Å². The molecular weight excluding hydrogens is 255 g/mol. The van der Waals surface area contributed by atoms with Gasteiger partial charge in [0.1, 0.15) is 0 Å². The lowest BCUT2D eigenvalue weighted by atomic mass is 9.99. The Morgan fingerprint density at radius 3 is 2.41 bits per heavy atom. The first kappa shape index (κ1) is 12.2. The SMILES string of the molecule is Nc1cccc(C(N)c2ccc(Cl)cc2Cl)c1. The van der Waals surface area contributed by atoms with Crippen molar-refractivity contribution in [2.45, 2.75) is 6.04 Å². The Labute approximate surface area is 110 Å². The number of nitrogen functional groups attached to an aromatic ring is 1. The zero-order valence-electron chi connectivity index (χ0n) is 9.03. The number of nitrogens with two attached hydrogens (primary N) is 2. The molecule has 0 heterocycles. The number of anilines is 1.